The number of sulfonamides is 1. The molecule has 1 aromatic carbocycles. The van der Waals surface area contributed by atoms with Crippen LogP contribution in [0.1, 0.15) is 39.6 Å². The summed E-state index contributed by atoms with van der Waals surface area (Å²) in [6, 6.07) is 4.29. The molecule has 2 aromatic rings. The number of benzene rings is 1. The minimum absolute atomic E-state index is 0.0917. The van der Waals surface area contributed by atoms with E-state index >= 15 is 0 Å². The Hall–Kier alpha value is -1.51. The second-order valence-corrected chi connectivity index (χ2v) is 9.86. The summed E-state index contributed by atoms with van der Waals surface area (Å²) < 4.78 is 27.4. The first-order valence-electron chi connectivity index (χ1n) is 7.57. The molecule has 1 N–H and O–H groups in total. The Labute approximate surface area is 146 Å². The van der Waals surface area contributed by atoms with Crippen molar-refractivity contribution >= 4 is 37.5 Å². The summed E-state index contributed by atoms with van der Waals surface area (Å²) in [5.41, 5.74) is 0.633. The number of carbonyl (C=O) groups is 1. The van der Waals surface area contributed by atoms with Crippen molar-refractivity contribution in [3.63, 3.8) is 0 Å². The van der Waals surface area contributed by atoms with Crippen molar-refractivity contribution in [2.24, 2.45) is 0 Å². The van der Waals surface area contributed by atoms with Gasteiger partial charge in [-0.05, 0) is 32.0 Å². The Morgan fingerprint density at radius 3 is 2.46 bits per heavy atom. The Kier molecular flexibility index (Phi) is 5.03. The van der Waals surface area contributed by atoms with E-state index in [2.05, 4.69) is 25.8 Å². The molecule has 1 heterocycles. The summed E-state index contributed by atoms with van der Waals surface area (Å²) in [4.78, 5) is 15.6. The number of carboxylic acids is 1. The zero-order valence-corrected chi connectivity index (χ0v) is 16.0. The van der Waals surface area contributed by atoms with Crippen LogP contribution in [0.4, 0.5) is 0 Å². The van der Waals surface area contributed by atoms with Crippen molar-refractivity contribution in [2.45, 2.75) is 51.0 Å². The topological polar surface area (TPSA) is 87.6 Å². The molecule has 2 rings (SSSR count). The fourth-order valence-electron chi connectivity index (χ4n) is 2.20. The number of rotatable bonds is 5. The van der Waals surface area contributed by atoms with Crippen molar-refractivity contribution in [1.82, 2.24) is 9.29 Å². The third-order valence-electron chi connectivity index (χ3n) is 3.48. The van der Waals surface area contributed by atoms with E-state index in [-0.39, 0.29) is 10.3 Å². The van der Waals surface area contributed by atoms with Crippen molar-refractivity contribution in [1.29, 1.82) is 0 Å². The number of hydrogen-bond donors (Lipinski definition) is 1. The maximum atomic E-state index is 12.8. The van der Waals surface area contributed by atoms with Gasteiger partial charge in [-0.3, -0.25) is 4.79 Å². The van der Waals surface area contributed by atoms with Crippen LogP contribution >= 0.6 is 11.3 Å². The number of fused-ring (bicyclic) bond motifs is 1. The zero-order chi connectivity index (χ0) is 18.3. The molecule has 24 heavy (non-hydrogen) atoms. The van der Waals surface area contributed by atoms with Gasteiger partial charge in [0.1, 0.15) is 6.54 Å². The van der Waals surface area contributed by atoms with Crippen LogP contribution in [0.2, 0.25) is 0 Å². The number of thiazole rings is 1. The highest BCUT2D eigenvalue weighted by molar-refractivity contribution is 7.89. The molecule has 0 spiro atoms. The van der Waals surface area contributed by atoms with Gasteiger partial charge in [0.2, 0.25) is 10.0 Å². The average Bonchev–Trinajstić information content (AvgIpc) is 2.87. The molecule has 0 atom stereocenters. The molecule has 0 amide bonds. The lowest BCUT2D eigenvalue weighted by atomic mass is 9.98. The second kappa shape index (κ2) is 6.42. The first kappa shape index (κ1) is 18.8. The molecule has 8 heteroatoms. The molecule has 0 aliphatic carbocycles. The molecule has 0 aliphatic heterocycles. The highest BCUT2D eigenvalue weighted by Gasteiger charge is 2.29. The van der Waals surface area contributed by atoms with Gasteiger partial charge >= 0.3 is 5.97 Å². The molecule has 0 radical (unpaired) electrons. The number of aromatic nitrogens is 1. The molecule has 0 saturated carbocycles. The first-order chi connectivity index (χ1) is 10.9. The van der Waals surface area contributed by atoms with Gasteiger partial charge < -0.3 is 5.11 Å². The Bertz CT molecular complexity index is 864. The third-order valence-corrected chi connectivity index (χ3v) is 6.94. The second-order valence-electron chi connectivity index (χ2n) is 6.94. The van der Waals surface area contributed by atoms with E-state index in [0.29, 0.717) is 0 Å². The van der Waals surface area contributed by atoms with E-state index in [9.17, 15) is 13.2 Å². The van der Waals surface area contributed by atoms with E-state index in [1.807, 2.05) is 0 Å². The highest BCUT2D eigenvalue weighted by Crippen LogP contribution is 2.33. The van der Waals surface area contributed by atoms with Gasteiger partial charge in [-0.1, -0.05) is 20.8 Å². The fraction of sp³-hybridized carbons (Fsp3) is 0.500. The van der Waals surface area contributed by atoms with E-state index < -0.39 is 28.6 Å². The Balaban J connectivity index is 2.52. The predicted molar refractivity (Wildman–Crippen MR) is 95.0 cm³/mol. The maximum Gasteiger partial charge on any atom is 0.318 e. The smallest absolute Gasteiger partial charge is 0.318 e. The average molecular weight is 370 g/mol. The van der Waals surface area contributed by atoms with E-state index in [1.165, 1.54) is 17.4 Å². The van der Waals surface area contributed by atoms with Gasteiger partial charge in [-0.2, -0.15) is 4.31 Å². The molecular formula is C16H22N2O4S2. The lowest BCUT2D eigenvalue weighted by Crippen LogP contribution is -2.40. The van der Waals surface area contributed by atoms with Crippen LogP contribution in [-0.4, -0.2) is 41.4 Å². The number of carboxylic acid groups (broad SMARTS) is 1. The van der Waals surface area contributed by atoms with Crippen LogP contribution in [0.25, 0.3) is 10.2 Å². The molecule has 0 aliphatic rings. The van der Waals surface area contributed by atoms with Gasteiger partial charge in [-0.15, -0.1) is 11.3 Å². The van der Waals surface area contributed by atoms with Crippen LogP contribution in [0.3, 0.4) is 0 Å². The van der Waals surface area contributed by atoms with Crippen molar-refractivity contribution in [3.05, 3.63) is 23.2 Å². The monoisotopic (exact) mass is 370 g/mol. The number of hydrogen-bond acceptors (Lipinski definition) is 5. The molecule has 0 bridgehead atoms. The summed E-state index contributed by atoms with van der Waals surface area (Å²) in [6.07, 6.45) is 0. The fourth-order valence-corrected chi connectivity index (χ4v) is 4.95. The van der Waals surface area contributed by atoms with Crippen molar-refractivity contribution in [3.8, 4) is 0 Å². The van der Waals surface area contributed by atoms with Gasteiger partial charge in [0.15, 0.2) is 0 Å². The molecular weight excluding hydrogens is 348 g/mol. The minimum Gasteiger partial charge on any atom is -0.480 e. The lowest BCUT2D eigenvalue weighted by Gasteiger charge is -2.24. The highest BCUT2D eigenvalue weighted by atomic mass is 32.2. The van der Waals surface area contributed by atoms with Crippen LogP contribution in [0.5, 0.6) is 0 Å². The van der Waals surface area contributed by atoms with Gasteiger partial charge in [0.25, 0.3) is 0 Å². The summed E-state index contributed by atoms with van der Waals surface area (Å²) in [5, 5.41) is 9.92. The quantitative estimate of drug-likeness (QED) is 0.874. The normalized spacial score (nSPS) is 13.1. The number of nitrogens with zero attached hydrogens (tertiary/aromatic N) is 2. The first-order valence-corrected chi connectivity index (χ1v) is 9.83. The van der Waals surface area contributed by atoms with Crippen molar-refractivity contribution < 1.29 is 18.3 Å². The standard InChI is InChI=1S/C16H22N2O4S2/c1-10(2)18(9-14(19)20)24(21,22)11-6-7-12-13(8-11)23-15(17-12)16(3,4)5/h6-8,10H,9H2,1-5H3,(H,19,20). The van der Waals surface area contributed by atoms with Crippen LogP contribution in [0.15, 0.2) is 23.1 Å². The molecule has 0 unspecified atom stereocenters. The maximum absolute atomic E-state index is 12.8. The molecule has 132 valence electrons. The molecule has 1 aromatic heterocycles. The summed E-state index contributed by atoms with van der Waals surface area (Å²) in [6.45, 7) is 8.90. The van der Waals surface area contributed by atoms with Crippen LogP contribution in [0, 0.1) is 0 Å². The summed E-state index contributed by atoms with van der Waals surface area (Å²) in [5.74, 6) is -1.18. The Morgan fingerprint density at radius 1 is 1.33 bits per heavy atom. The summed E-state index contributed by atoms with van der Waals surface area (Å²) in [7, 11) is -3.88. The van der Waals surface area contributed by atoms with Gasteiger partial charge in [0, 0.05) is 11.5 Å². The lowest BCUT2D eigenvalue weighted by molar-refractivity contribution is -0.137. The van der Waals surface area contributed by atoms with E-state index in [0.717, 1.165) is 19.5 Å². The largest absolute Gasteiger partial charge is 0.480 e. The van der Waals surface area contributed by atoms with Crippen molar-refractivity contribution in [2.75, 3.05) is 6.54 Å². The van der Waals surface area contributed by atoms with Gasteiger partial charge in [0.05, 0.1) is 20.1 Å². The Morgan fingerprint density at radius 2 is 1.96 bits per heavy atom. The van der Waals surface area contributed by atoms with E-state index in [1.54, 1.807) is 26.0 Å². The van der Waals surface area contributed by atoms with E-state index in [4.69, 9.17) is 5.11 Å². The predicted octanol–water partition coefficient (Wildman–Crippen LogP) is 3.08. The number of aliphatic carboxylic acids is 1. The molecule has 0 saturated heterocycles. The molecule has 6 nitrogen and oxygen atoms in total. The SMILES string of the molecule is CC(C)N(CC(=O)O)S(=O)(=O)c1ccc2nc(C(C)(C)C)sc2c1. The zero-order valence-electron chi connectivity index (χ0n) is 14.4. The van der Waals surface area contributed by atoms with Crippen LogP contribution < -0.4 is 0 Å². The third kappa shape index (κ3) is 3.76. The van der Waals surface area contributed by atoms with Crippen LogP contribution in [-0.2, 0) is 20.2 Å². The summed E-state index contributed by atoms with van der Waals surface area (Å²) >= 11 is 1.46. The molecule has 0 fully saturated rings. The minimum atomic E-state index is -3.88. The van der Waals surface area contributed by atoms with Gasteiger partial charge in [-0.25, -0.2) is 13.4 Å².